The van der Waals surface area contributed by atoms with Crippen LogP contribution in [0.25, 0.3) is 0 Å². The molecule has 0 aliphatic rings. The van der Waals surface area contributed by atoms with Crippen molar-refractivity contribution in [1.82, 2.24) is 0 Å². The molecule has 8 heavy (non-hydrogen) atoms. The molecule has 0 saturated heterocycles. The largest absolute Gasteiger partial charge is 0.618 e. The van der Waals surface area contributed by atoms with Crippen LogP contribution in [0.3, 0.4) is 0 Å². The first-order chi connectivity index (χ1) is 3.68. The minimum absolute atomic E-state index is 0.639. The van der Waals surface area contributed by atoms with E-state index in [0.29, 0.717) is 0 Å². The van der Waals surface area contributed by atoms with Gasteiger partial charge in [0.05, 0.1) is 0 Å². The molecule has 3 heteroatoms. The zero-order valence-electron chi connectivity index (χ0n) is 5.67. The molecular weight excluding hydrogens is 155 g/mol. The molecule has 0 amide bonds. The Balaban J connectivity index is 0. The third-order valence-electron chi connectivity index (χ3n) is 0.707. The van der Waals surface area contributed by atoms with E-state index in [4.69, 9.17) is 18.1 Å². The van der Waals surface area contributed by atoms with E-state index in [1.807, 2.05) is 0 Å². The van der Waals surface area contributed by atoms with Crippen LogP contribution >= 0.6 is 18.1 Å². The lowest BCUT2D eigenvalue weighted by molar-refractivity contribution is 0.923. The van der Waals surface area contributed by atoms with Crippen molar-refractivity contribution in [2.75, 3.05) is 0 Å². The summed E-state index contributed by atoms with van der Waals surface area (Å²) in [5.74, 6) is 1.50. The Hall–Kier alpha value is 1.35. The van der Waals surface area contributed by atoms with Gasteiger partial charge in [0.2, 0.25) is 0 Å². The predicted molar refractivity (Wildman–Crippen MR) is 42.3 cm³/mol. The molecular formula is C5H11Cl2Mg. The van der Waals surface area contributed by atoms with E-state index in [-0.39, 0.29) is 0 Å². The molecule has 0 aromatic heterocycles. The van der Waals surface area contributed by atoms with Crippen molar-refractivity contribution in [3.8, 4) is 0 Å². The third kappa shape index (κ3) is 26.4. The van der Waals surface area contributed by atoms with Gasteiger partial charge in [0.1, 0.15) is 0 Å². The lowest BCUT2D eigenvalue weighted by Gasteiger charge is -1.89. The standard InChI is InChI=1S/C5H11.2ClH.Mg/c1-4-5(2)3;;;/h4H2,1-3H3;2*1H;/q;;;+2/p-2. The SMILES string of the molecule is CC[C](C)C.[Cl][Mg][Cl]. The van der Waals surface area contributed by atoms with Gasteiger partial charge in [-0.3, -0.25) is 0 Å². The number of rotatable bonds is 1. The highest BCUT2D eigenvalue weighted by Gasteiger charge is 1.80. The van der Waals surface area contributed by atoms with Crippen LogP contribution in [0.1, 0.15) is 27.2 Å². The second-order valence-electron chi connectivity index (χ2n) is 1.66. The molecule has 0 rings (SSSR count). The molecule has 0 aromatic carbocycles. The van der Waals surface area contributed by atoms with Gasteiger partial charge in [-0.25, -0.2) is 0 Å². The zero-order chi connectivity index (χ0) is 6.99. The summed E-state index contributed by atoms with van der Waals surface area (Å²) >= 11 is -0.639. The molecule has 0 N–H and O–H groups in total. The average molecular weight is 166 g/mol. The van der Waals surface area contributed by atoms with Gasteiger partial charge in [0, 0.05) is 0 Å². The molecule has 0 heterocycles. The first-order valence-corrected chi connectivity index (χ1v) is 6.87. The monoisotopic (exact) mass is 165 g/mol. The quantitative estimate of drug-likeness (QED) is 0.525. The fourth-order valence-electron chi connectivity index (χ4n) is 0. The van der Waals surface area contributed by atoms with E-state index in [0.717, 1.165) is 0 Å². The molecule has 0 nitrogen and oxygen atoms in total. The summed E-state index contributed by atoms with van der Waals surface area (Å²) < 4.78 is 0. The molecule has 0 spiro atoms. The Morgan fingerprint density at radius 1 is 1.38 bits per heavy atom. The molecule has 0 atom stereocenters. The minimum Gasteiger partial charge on any atom is -0.309 e. The fourth-order valence-corrected chi connectivity index (χ4v) is 0. The molecule has 0 aliphatic carbocycles. The van der Waals surface area contributed by atoms with Gasteiger partial charge in [-0.1, -0.05) is 27.2 Å². The topological polar surface area (TPSA) is 0 Å². The Morgan fingerprint density at radius 2 is 1.50 bits per heavy atom. The van der Waals surface area contributed by atoms with Crippen molar-refractivity contribution in [1.29, 1.82) is 0 Å². The van der Waals surface area contributed by atoms with Crippen LogP contribution in [0.15, 0.2) is 0 Å². The average Bonchev–Trinajstić information content (AvgIpc) is 1.69. The number of hydrogen-bond acceptors (Lipinski definition) is 0. The van der Waals surface area contributed by atoms with E-state index < -0.39 is 18.2 Å². The van der Waals surface area contributed by atoms with Gasteiger partial charge >= 0.3 is 18.2 Å². The van der Waals surface area contributed by atoms with Crippen LogP contribution in [0.5, 0.6) is 0 Å². The van der Waals surface area contributed by atoms with Crippen LogP contribution in [-0.4, -0.2) is 18.2 Å². The van der Waals surface area contributed by atoms with Crippen molar-refractivity contribution < 1.29 is 0 Å². The summed E-state index contributed by atoms with van der Waals surface area (Å²) in [6, 6.07) is 0. The van der Waals surface area contributed by atoms with Crippen molar-refractivity contribution >= 4 is 36.3 Å². The van der Waals surface area contributed by atoms with Gasteiger partial charge in [0.15, 0.2) is 0 Å². The first kappa shape index (κ1) is 12.1. The molecule has 0 aromatic rings. The molecule has 0 saturated carbocycles. The van der Waals surface area contributed by atoms with Crippen LogP contribution in [0.4, 0.5) is 0 Å². The second-order valence-corrected chi connectivity index (χ2v) is 4.29. The molecule has 47 valence electrons. The Morgan fingerprint density at radius 3 is 1.50 bits per heavy atom. The molecule has 0 bridgehead atoms. The Kier molecular flexibility index (Phi) is 16.9. The van der Waals surface area contributed by atoms with E-state index in [9.17, 15) is 0 Å². The molecule has 0 fully saturated rings. The summed E-state index contributed by atoms with van der Waals surface area (Å²) in [6.07, 6.45) is 1.22. The van der Waals surface area contributed by atoms with Crippen LogP contribution in [-0.2, 0) is 0 Å². The lowest BCUT2D eigenvalue weighted by atomic mass is 10.2. The summed E-state index contributed by atoms with van der Waals surface area (Å²) in [4.78, 5) is 0. The molecule has 0 unspecified atom stereocenters. The zero-order valence-corrected chi connectivity index (χ0v) is 8.60. The molecule has 0 aliphatic heterocycles. The van der Waals surface area contributed by atoms with Crippen molar-refractivity contribution in [2.24, 2.45) is 0 Å². The van der Waals surface area contributed by atoms with Gasteiger partial charge in [-0.15, -0.1) is 0 Å². The third-order valence-corrected chi connectivity index (χ3v) is 0.707. The molecule has 1 radical (unpaired) electrons. The van der Waals surface area contributed by atoms with Crippen LogP contribution < -0.4 is 0 Å². The van der Waals surface area contributed by atoms with E-state index >= 15 is 0 Å². The van der Waals surface area contributed by atoms with Crippen LogP contribution in [0, 0.1) is 5.92 Å². The maximum atomic E-state index is 4.90. The fraction of sp³-hybridized carbons (Fsp3) is 0.800. The van der Waals surface area contributed by atoms with Gasteiger partial charge in [0.25, 0.3) is 0 Å². The Labute approximate surface area is 69.2 Å². The van der Waals surface area contributed by atoms with Gasteiger partial charge < -0.3 is 18.1 Å². The summed E-state index contributed by atoms with van der Waals surface area (Å²) in [6.45, 7) is 6.44. The van der Waals surface area contributed by atoms with Crippen LogP contribution in [0.2, 0.25) is 0 Å². The maximum Gasteiger partial charge on any atom is 0.618 e. The highest BCUT2D eigenvalue weighted by atomic mass is 35.6. The second kappa shape index (κ2) is 11.2. The van der Waals surface area contributed by atoms with Crippen molar-refractivity contribution in [2.45, 2.75) is 27.2 Å². The highest BCUT2D eigenvalue weighted by molar-refractivity contribution is 7.22. The summed E-state index contributed by atoms with van der Waals surface area (Å²) in [5, 5.41) is 0. The van der Waals surface area contributed by atoms with E-state index in [1.165, 1.54) is 12.3 Å². The first-order valence-electron chi connectivity index (χ1n) is 2.60. The smallest absolute Gasteiger partial charge is 0.309 e. The lowest BCUT2D eigenvalue weighted by Crippen LogP contribution is -1.73. The minimum atomic E-state index is -0.639. The van der Waals surface area contributed by atoms with Gasteiger partial charge in [-0.2, -0.15) is 0 Å². The van der Waals surface area contributed by atoms with E-state index in [2.05, 4.69) is 20.8 Å². The van der Waals surface area contributed by atoms with Gasteiger partial charge in [-0.05, 0) is 5.92 Å². The number of hydrogen-bond donors (Lipinski definition) is 0. The summed E-state index contributed by atoms with van der Waals surface area (Å²) in [7, 11) is 9.81. The predicted octanol–water partition coefficient (Wildman–Crippen LogP) is 3.01. The summed E-state index contributed by atoms with van der Waals surface area (Å²) in [5.41, 5.74) is 0. The number of halogens is 2. The Bertz CT molecular complexity index is 31.6. The van der Waals surface area contributed by atoms with Crippen molar-refractivity contribution in [3.63, 3.8) is 0 Å². The van der Waals surface area contributed by atoms with E-state index in [1.54, 1.807) is 0 Å². The maximum absolute atomic E-state index is 4.90. The normalized spacial score (nSPS) is 7.25. The van der Waals surface area contributed by atoms with Crippen molar-refractivity contribution in [3.05, 3.63) is 5.92 Å². The highest BCUT2D eigenvalue weighted by Crippen LogP contribution is 1.97.